The second-order valence-electron chi connectivity index (χ2n) is 11.9. The standard InChI is InChI=1S/C32H40F3N7O3/c1-31(2)27-20(7-6-8-25(27)38-29(31)43)18-36-28-23(32(33,34)35)19-37-30(40-28)39-24-10-9-22(17-26(24)45-5)42-13-11-21(12-14-42)41(3)15-16-44-4/h6-10,17,19,21H,11-16,18H2,1-5H3,(H,38,43)(H2,36,37,39,40). The number of hydrogen-bond donors (Lipinski definition) is 3. The number of benzene rings is 2. The van der Waals surface area contributed by atoms with Crippen LogP contribution in [0.5, 0.6) is 5.75 Å². The zero-order chi connectivity index (χ0) is 32.4. The summed E-state index contributed by atoms with van der Waals surface area (Å²) in [5.74, 6) is -0.0397. The second kappa shape index (κ2) is 13.1. The van der Waals surface area contributed by atoms with Gasteiger partial charge in [0.15, 0.2) is 0 Å². The lowest BCUT2D eigenvalue weighted by Gasteiger charge is -2.38. The normalized spacial score (nSPS) is 16.5. The Labute approximate surface area is 261 Å². The summed E-state index contributed by atoms with van der Waals surface area (Å²) in [6.45, 7) is 6.98. The molecule has 0 atom stereocenters. The van der Waals surface area contributed by atoms with E-state index in [1.165, 1.54) is 0 Å². The third-order valence-corrected chi connectivity index (χ3v) is 8.66. The Bertz CT molecular complexity index is 1520. The van der Waals surface area contributed by atoms with E-state index in [4.69, 9.17) is 9.47 Å². The van der Waals surface area contributed by atoms with E-state index in [9.17, 15) is 18.0 Å². The van der Waals surface area contributed by atoms with Gasteiger partial charge >= 0.3 is 6.18 Å². The molecular formula is C32H40F3N7O3. The molecule has 5 rings (SSSR count). The highest BCUT2D eigenvalue weighted by atomic mass is 19.4. The van der Waals surface area contributed by atoms with Gasteiger partial charge in [-0.2, -0.15) is 18.2 Å². The molecule has 2 aliphatic heterocycles. The van der Waals surface area contributed by atoms with Gasteiger partial charge in [0.1, 0.15) is 17.1 Å². The van der Waals surface area contributed by atoms with Crippen LogP contribution in [0, 0.1) is 0 Å². The molecule has 45 heavy (non-hydrogen) atoms. The number of amides is 1. The monoisotopic (exact) mass is 627 g/mol. The Morgan fingerprint density at radius 2 is 1.91 bits per heavy atom. The summed E-state index contributed by atoms with van der Waals surface area (Å²) in [5, 5.41) is 8.72. The predicted octanol–water partition coefficient (Wildman–Crippen LogP) is 5.64. The average molecular weight is 628 g/mol. The molecule has 0 radical (unpaired) electrons. The molecule has 1 saturated heterocycles. The number of likely N-dealkylation sites (N-methyl/N-ethyl adjacent to an activating group) is 1. The van der Waals surface area contributed by atoms with E-state index < -0.39 is 17.2 Å². The first-order valence-electron chi connectivity index (χ1n) is 14.9. The van der Waals surface area contributed by atoms with Crippen molar-refractivity contribution in [2.75, 3.05) is 68.4 Å². The third kappa shape index (κ3) is 6.94. The van der Waals surface area contributed by atoms with Gasteiger partial charge in [-0.05, 0) is 63.1 Å². The number of fused-ring (bicyclic) bond motifs is 1. The quantitative estimate of drug-likeness (QED) is 0.249. The number of carbonyl (C=O) groups is 1. The summed E-state index contributed by atoms with van der Waals surface area (Å²) >= 11 is 0. The smallest absolute Gasteiger partial charge is 0.421 e. The lowest BCUT2D eigenvalue weighted by Crippen LogP contribution is -2.44. The number of anilines is 5. The van der Waals surface area contributed by atoms with Crippen molar-refractivity contribution < 1.29 is 27.4 Å². The van der Waals surface area contributed by atoms with Crippen molar-refractivity contribution in [2.24, 2.45) is 0 Å². The molecule has 0 saturated carbocycles. The van der Waals surface area contributed by atoms with Crippen molar-refractivity contribution in [3.8, 4) is 5.75 Å². The highest BCUT2D eigenvalue weighted by Gasteiger charge is 2.40. The number of alkyl halides is 3. The van der Waals surface area contributed by atoms with Crippen molar-refractivity contribution in [2.45, 2.75) is 50.9 Å². The molecule has 0 spiro atoms. The maximum atomic E-state index is 14.0. The van der Waals surface area contributed by atoms with E-state index in [0.717, 1.165) is 49.9 Å². The van der Waals surface area contributed by atoms with Gasteiger partial charge in [-0.25, -0.2) is 4.98 Å². The summed E-state index contributed by atoms with van der Waals surface area (Å²) in [7, 11) is 5.38. The Balaban J connectivity index is 1.32. The zero-order valence-corrected chi connectivity index (χ0v) is 26.2. The van der Waals surface area contributed by atoms with E-state index in [0.29, 0.717) is 35.3 Å². The molecule has 1 fully saturated rings. The van der Waals surface area contributed by atoms with Gasteiger partial charge in [-0.3, -0.25) is 4.79 Å². The first-order valence-corrected chi connectivity index (χ1v) is 14.9. The molecule has 3 heterocycles. The van der Waals surface area contributed by atoms with Crippen LogP contribution in [0.1, 0.15) is 43.4 Å². The number of carbonyl (C=O) groups excluding carboxylic acids is 1. The number of rotatable bonds is 11. The molecule has 1 amide bonds. The fraction of sp³-hybridized carbons (Fsp3) is 0.469. The summed E-state index contributed by atoms with van der Waals surface area (Å²) in [4.78, 5) is 25.3. The first-order chi connectivity index (χ1) is 21.4. The van der Waals surface area contributed by atoms with E-state index >= 15 is 0 Å². The van der Waals surface area contributed by atoms with Crippen molar-refractivity contribution >= 4 is 34.7 Å². The molecule has 2 aromatic carbocycles. The largest absolute Gasteiger partial charge is 0.494 e. The molecule has 3 N–H and O–H groups in total. The Morgan fingerprint density at radius 1 is 1.16 bits per heavy atom. The fourth-order valence-electron chi connectivity index (χ4n) is 6.03. The molecule has 3 aromatic rings. The van der Waals surface area contributed by atoms with Gasteiger partial charge in [0.05, 0.1) is 24.8 Å². The number of methoxy groups -OCH3 is 2. The van der Waals surface area contributed by atoms with E-state index in [-0.39, 0.29) is 24.2 Å². The van der Waals surface area contributed by atoms with Crippen LogP contribution in [-0.2, 0) is 27.7 Å². The van der Waals surface area contributed by atoms with Crippen LogP contribution < -0.4 is 25.6 Å². The van der Waals surface area contributed by atoms with Crippen LogP contribution in [0.2, 0.25) is 0 Å². The van der Waals surface area contributed by atoms with E-state index in [2.05, 4.69) is 42.8 Å². The van der Waals surface area contributed by atoms with Gasteiger partial charge in [0.25, 0.3) is 0 Å². The third-order valence-electron chi connectivity index (χ3n) is 8.66. The van der Waals surface area contributed by atoms with Crippen LogP contribution in [0.4, 0.5) is 42.0 Å². The fourth-order valence-corrected chi connectivity index (χ4v) is 6.03. The Morgan fingerprint density at radius 3 is 2.60 bits per heavy atom. The molecular weight excluding hydrogens is 587 g/mol. The first kappa shape index (κ1) is 32.3. The lowest BCUT2D eigenvalue weighted by molar-refractivity contribution is -0.137. The zero-order valence-electron chi connectivity index (χ0n) is 26.2. The number of hydrogen-bond acceptors (Lipinski definition) is 9. The van der Waals surface area contributed by atoms with Crippen molar-refractivity contribution in [1.29, 1.82) is 0 Å². The summed E-state index contributed by atoms with van der Waals surface area (Å²) in [6.07, 6.45) is -1.87. The van der Waals surface area contributed by atoms with Gasteiger partial charge in [0, 0.05) is 63.0 Å². The lowest BCUT2D eigenvalue weighted by atomic mass is 9.83. The summed E-state index contributed by atoms with van der Waals surface area (Å²) < 4.78 is 52.7. The van der Waals surface area contributed by atoms with Crippen LogP contribution in [-0.4, -0.2) is 74.3 Å². The molecule has 0 unspecified atom stereocenters. The summed E-state index contributed by atoms with van der Waals surface area (Å²) in [5.41, 5.74) is 1.80. The number of ether oxygens (including phenoxy) is 2. The molecule has 2 aliphatic rings. The maximum absolute atomic E-state index is 14.0. The van der Waals surface area contributed by atoms with Crippen LogP contribution in [0.15, 0.2) is 42.6 Å². The molecule has 13 heteroatoms. The maximum Gasteiger partial charge on any atom is 0.421 e. The van der Waals surface area contributed by atoms with Gasteiger partial charge < -0.3 is 35.2 Å². The minimum atomic E-state index is -4.68. The molecule has 10 nitrogen and oxygen atoms in total. The predicted molar refractivity (Wildman–Crippen MR) is 168 cm³/mol. The van der Waals surface area contributed by atoms with Gasteiger partial charge in [-0.15, -0.1) is 0 Å². The highest BCUT2D eigenvalue weighted by molar-refractivity contribution is 6.06. The number of aromatic nitrogens is 2. The Hall–Kier alpha value is -4.10. The molecule has 0 aliphatic carbocycles. The van der Waals surface area contributed by atoms with Gasteiger partial charge in [-0.1, -0.05) is 12.1 Å². The number of piperidine rings is 1. The minimum Gasteiger partial charge on any atom is -0.494 e. The SMILES string of the molecule is COCCN(C)C1CCN(c2ccc(Nc3ncc(C(F)(F)F)c(NCc4cccc5c4C(C)(C)C(=O)N5)n3)c(OC)c2)CC1. The number of nitrogens with zero attached hydrogens (tertiary/aromatic N) is 4. The number of nitrogens with one attached hydrogen (secondary N) is 3. The minimum absolute atomic E-state index is 0.0214. The molecule has 1 aromatic heterocycles. The average Bonchev–Trinajstić information content (AvgIpc) is 3.26. The molecule has 0 bridgehead atoms. The van der Waals surface area contributed by atoms with Crippen LogP contribution in [0.3, 0.4) is 0 Å². The van der Waals surface area contributed by atoms with Crippen LogP contribution in [0.25, 0.3) is 0 Å². The van der Waals surface area contributed by atoms with E-state index in [1.54, 1.807) is 46.3 Å². The molecule has 242 valence electrons. The van der Waals surface area contributed by atoms with E-state index in [1.807, 2.05) is 18.2 Å². The topological polar surface area (TPSA) is 104 Å². The summed E-state index contributed by atoms with van der Waals surface area (Å²) in [6, 6.07) is 11.5. The highest BCUT2D eigenvalue weighted by Crippen LogP contribution is 2.41. The van der Waals surface area contributed by atoms with Crippen molar-refractivity contribution in [3.05, 3.63) is 59.3 Å². The van der Waals surface area contributed by atoms with Crippen molar-refractivity contribution in [3.63, 3.8) is 0 Å². The van der Waals surface area contributed by atoms with Gasteiger partial charge in [0.2, 0.25) is 11.9 Å². The van der Waals surface area contributed by atoms with Crippen LogP contribution >= 0.6 is 0 Å². The Kier molecular flexibility index (Phi) is 9.40. The number of halogens is 3. The van der Waals surface area contributed by atoms with Crippen molar-refractivity contribution in [1.82, 2.24) is 14.9 Å². The second-order valence-corrected chi connectivity index (χ2v) is 11.9.